The molecule has 0 N–H and O–H groups in total. The highest BCUT2D eigenvalue weighted by Crippen LogP contribution is 2.11. The zero-order chi connectivity index (χ0) is 8.10. The van der Waals surface area contributed by atoms with Crippen LogP contribution in [0.1, 0.15) is 6.92 Å². The van der Waals surface area contributed by atoms with Crippen molar-refractivity contribution in [3.05, 3.63) is 24.3 Å². The summed E-state index contributed by atoms with van der Waals surface area (Å²) in [6, 6.07) is 7.28. The summed E-state index contributed by atoms with van der Waals surface area (Å²) < 4.78 is 15.7. The van der Waals surface area contributed by atoms with Crippen molar-refractivity contribution >= 4 is 13.8 Å². The van der Waals surface area contributed by atoms with Crippen molar-refractivity contribution in [2.75, 3.05) is 6.61 Å². The van der Waals surface area contributed by atoms with Crippen molar-refractivity contribution < 1.29 is 9.30 Å². The molecule has 0 aliphatic carbocycles. The fourth-order valence-electron chi connectivity index (χ4n) is 0.810. The lowest BCUT2D eigenvalue weighted by molar-refractivity contribution is 0.343. The van der Waals surface area contributed by atoms with Crippen LogP contribution >= 0.6 is 8.46 Å². The Kier molecular flexibility index (Phi) is 3.06. The van der Waals surface area contributed by atoms with Crippen LogP contribution < -0.4 is 10.0 Å². The van der Waals surface area contributed by atoms with Gasteiger partial charge < -0.3 is 4.74 Å². The van der Waals surface area contributed by atoms with E-state index in [9.17, 15) is 4.57 Å². The minimum atomic E-state index is 0.0120. The standard InChI is InChI=1S/C8H9O2P/c1-2-10-7-5-3-4-6-8(7)11-9/h3-6H,2H2,1H3. The number of hydrogen-bond donors (Lipinski definition) is 0. The third-order valence-corrected chi connectivity index (χ3v) is 1.83. The molecule has 0 atom stereocenters. The Balaban J connectivity index is 2.92. The molecule has 3 heteroatoms. The van der Waals surface area contributed by atoms with Crippen LogP contribution in [0.3, 0.4) is 0 Å². The van der Waals surface area contributed by atoms with E-state index in [1.807, 2.05) is 25.1 Å². The van der Waals surface area contributed by atoms with Crippen molar-refractivity contribution in [2.45, 2.75) is 6.92 Å². The largest absolute Gasteiger partial charge is 0.493 e. The van der Waals surface area contributed by atoms with Gasteiger partial charge in [-0.15, -0.1) is 0 Å². The van der Waals surface area contributed by atoms with E-state index >= 15 is 0 Å². The summed E-state index contributed by atoms with van der Waals surface area (Å²) in [5, 5.41) is 0.703. The number of hydrogen-bond acceptors (Lipinski definition) is 2. The molecule has 11 heavy (non-hydrogen) atoms. The molecule has 58 valence electrons. The molecule has 0 saturated heterocycles. The van der Waals surface area contributed by atoms with Crippen molar-refractivity contribution in [3.8, 4) is 5.75 Å². The molecule has 0 aromatic heterocycles. The average Bonchev–Trinajstić information content (AvgIpc) is 2.06. The Morgan fingerprint density at radius 1 is 1.45 bits per heavy atom. The van der Waals surface area contributed by atoms with E-state index in [2.05, 4.69) is 0 Å². The van der Waals surface area contributed by atoms with Crippen molar-refractivity contribution in [1.82, 2.24) is 0 Å². The van der Waals surface area contributed by atoms with E-state index in [-0.39, 0.29) is 8.46 Å². The second-order valence-corrected chi connectivity index (χ2v) is 2.66. The number of para-hydroxylation sites is 1. The van der Waals surface area contributed by atoms with Crippen LogP contribution in [-0.4, -0.2) is 6.61 Å². The molecule has 0 radical (unpaired) electrons. The summed E-state index contributed by atoms with van der Waals surface area (Å²) >= 11 is 0. The van der Waals surface area contributed by atoms with Gasteiger partial charge in [-0.25, -0.2) is 0 Å². The predicted molar refractivity (Wildman–Crippen MR) is 44.9 cm³/mol. The summed E-state index contributed by atoms with van der Waals surface area (Å²) in [7, 11) is 0.0120. The lowest BCUT2D eigenvalue weighted by Gasteiger charge is -2.02. The van der Waals surface area contributed by atoms with Crippen LogP contribution in [0.15, 0.2) is 24.3 Å². The molecule has 1 aromatic carbocycles. The second-order valence-electron chi connectivity index (χ2n) is 1.99. The van der Waals surface area contributed by atoms with Crippen LogP contribution in [0.25, 0.3) is 0 Å². The molecule has 0 amide bonds. The van der Waals surface area contributed by atoms with Crippen LogP contribution in [0.2, 0.25) is 0 Å². The third-order valence-electron chi connectivity index (χ3n) is 1.26. The topological polar surface area (TPSA) is 26.3 Å². The summed E-state index contributed by atoms with van der Waals surface area (Å²) in [5.74, 6) is 0.701. The second kappa shape index (κ2) is 4.09. The molecule has 0 aliphatic rings. The van der Waals surface area contributed by atoms with Crippen molar-refractivity contribution in [3.63, 3.8) is 0 Å². The smallest absolute Gasteiger partial charge is 0.196 e. The van der Waals surface area contributed by atoms with Crippen LogP contribution in [0, 0.1) is 0 Å². The fraction of sp³-hybridized carbons (Fsp3) is 0.250. The lowest BCUT2D eigenvalue weighted by atomic mass is 10.3. The molecule has 0 heterocycles. The van der Waals surface area contributed by atoms with Gasteiger partial charge in [-0.3, -0.25) is 4.57 Å². The van der Waals surface area contributed by atoms with E-state index in [1.165, 1.54) is 0 Å². The van der Waals surface area contributed by atoms with Crippen LogP contribution in [0.5, 0.6) is 5.75 Å². The Morgan fingerprint density at radius 2 is 2.18 bits per heavy atom. The Hall–Kier alpha value is -0.880. The van der Waals surface area contributed by atoms with Gasteiger partial charge >= 0.3 is 0 Å². The molecule has 2 nitrogen and oxygen atoms in total. The summed E-state index contributed by atoms with van der Waals surface area (Å²) in [4.78, 5) is 0. The van der Waals surface area contributed by atoms with E-state index in [1.54, 1.807) is 6.07 Å². The van der Waals surface area contributed by atoms with Crippen molar-refractivity contribution in [2.24, 2.45) is 0 Å². The van der Waals surface area contributed by atoms with E-state index in [0.29, 0.717) is 17.7 Å². The van der Waals surface area contributed by atoms with Crippen LogP contribution in [-0.2, 0) is 4.57 Å². The molecule has 1 rings (SSSR count). The maximum Gasteiger partial charge on any atom is 0.196 e. The average molecular weight is 168 g/mol. The van der Waals surface area contributed by atoms with Crippen molar-refractivity contribution in [1.29, 1.82) is 0 Å². The summed E-state index contributed by atoms with van der Waals surface area (Å²) in [6.07, 6.45) is 0. The quantitative estimate of drug-likeness (QED) is 0.645. The number of ether oxygens (including phenoxy) is 1. The number of benzene rings is 1. The summed E-state index contributed by atoms with van der Waals surface area (Å²) in [6.45, 7) is 2.50. The normalized spacial score (nSPS) is 9.91. The van der Waals surface area contributed by atoms with E-state index < -0.39 is 0 Å². The minimum Gasteiger partial charge on any atom is -0.493 e. The van der Waals surface area contributed by atoms with E-state index in [4.69, 9.17) is 4.74 Å². The Bertz CT molecular complexity index is 248. The maximum atomic E-state index is 10.5. The first-order chi connectivity index (χ1) is 5.38. The first-order valence-electron chi connectivity index (χ1n) is 3.43. The minimum absolute atomic E-state index is 0.0120. The molecule has 1 aromatic rings. The zero-order valence-electron chi connectivity index (χ0n) is 6.28. The van der Waals surface area contributed by atoms with Gasteiger partial charge in [0.05, 0.1) is 11.9 Å². The van der Waals surface area contributed by atoms with Gasteiger partial charge in [0.25, 0.3) is 0 Å². The van der Waals surface area contributed by atoms with Crippen LogP contribution in [0.4, 0.5) is 0 Å². The first kappa shape index (κ1) is 8.22. The van der Waals surface area contributed by atoms with Gasteiger partial charge in [0.1, 0.15) is 5.75 Å². The molecule has 0 fully saturated rings. The van der Waals surface area contributed by atoms with Gasteiger partial charge in [0.15, 0.2) is 8.46 Å². The van der Waals surface area contributed by atoms with E-state index in [0.717, 1.165) is 0 Å². The molecular formula is C8H9O2P. The maximum absolute atomic E-state index is 10.5. The highest BCUT2D eigenvalue weighted by molar-refractivity contribution is 7.34. The first-order valence-corrected chi connectivity index (χ1v) is 4.25. The Morgan fingerprint density at radius 3 is 2.82 bits per heavy atom. The predicted octanol–water partition coefficient (Wildman–Crippen LogP) is 2.00. The highest BCUT2D eigenvalue weighted by atomic mass is 31.1. The fourth-order valence-corrected chi connectivity index (χ4v) is 1.19. The van der Waals surface area contributed by atoms with Gasteiger partial charge in [0.2, 0.25) is 0 Å². The highest BCUT2D eigenvalue weighted by Gasteiger charge is 1.99. The lowest BCUT2D eigenvalue weighted by Crippen LogP contribution is -2.01. The molecule has 0 bridgehead atoms. The zero-order valence-corrected chi connectivity index (χ0v) is 7.17. The molecule has 0 spiro atoms. The third kappa shape index (κ3) is 2.02. The van der Waals surface area contributed by atoms with Gasteiger partial charge in [-0.2, -0.15) is 0 Å². The van der Waals surface area contributed by atoms with Gasteiger partial charge in [0, 0.05) is 0 Å². The SMILES string of the molecule is CCOc1ccccc1P=O. The molecule has 0 saturated carbocycles. The molecule has 0 unspecified atom stereocenters. The van der Waals surface area contributed by atoms with Gasteiger partial charge in [-0.05, 0) is 19.1 Å². The van der Waals surface area contributed by atoms with Gasteiger partial charge in [-0.1, -0.05) is 12.1 Å². The molecular weight excluding hydrogens is 159 g/mol. The monoisotopic (exact) mass is 168 g/mol. The summed E-state index contributed by atoms with van der Waals surface area (Å²) in [5.41, 5.74) is 0. The molecule has 0 aliphatic heterocycles. The Labute approximate surface area is 67.4 Å². The number of rotatable bonds is 3.